The first-order chi connectivity index (χ1) is 12.1. The number of aromatic nitrogens is 2. The zero-order valence-corrected chi connectivity index (χ0v) is 15.4. The number of nitrogens with zero attached hydrogens (tertiary/aromatic N) is 2. The van der Waals surface area contributed by atoms with Gasteiger partial charge in [0.2, 0.25) is 0 Å². The first-order valence-electron chi connectivity index (χ1n) is 8.26. The maximum atomic E-state index is 5.32. The van der Waals surface area contributed by atoms with Crippen LogP contribution in [-0.4, -0.2) is 21.4 Å². The zero-order chi connectivity index (χ0) is 17.8. The van der Waals surface area contributed by atoms with E-state index < -0.39 is 0 Å². The number of rotatable bonds is 5. The average molecular weight is 350 g/mol. The highest BCUT2D eigenvalue weighted by molar-refractivity contribution is 7.80. The molecule has 0 unspecified atom stereocenters. The van der Waals surface area contributed by atoms with Crippen LogP contribution in [0, 0.1) is 13.8 Å². The van der Waals surface area contributed by atoms with Gasteiger partial charge in [0.25, 0.3) is 0 Å². The van der Waals surface area contributed by atoms with Gasteiger partial charge in [0.15, 0.2) is 5.11 Å². The number of thiocarbonyl (C=S) groups is 1. The van der Waals surface area contributed by atoms with Crippen molar-refractivity contribution in [3.8, 4) is 0 Å². The number of aryl methyl sites for hydroxylation is 1. The van der Waals surface area contributed by atoms with Gasteiger partial charge in [0.1, 0.15) is 0 Å². The first kappa shape index (κ1) is 17.2. The molecule has 0 saturated heterocycles. The highest BCUT2D eigenvalue weighted by Gasteiger charge is 2.13. The molecular formula is C20H22N4S. The maximum absolute atomic E-state index is 5.32. The number of nitrogens with one attached hydrogen (secondary N) is 2. The summed E-state index contributed by atoms with van der Waals surface area (Å²) in [5.41, 5.74) is 4.21. The second-order valence-corrected chi connectivity index (χ2v) is 6.37. The SMILES string of the molecule is C=CCNC(=S)Nc1c(C)nn(Cc2cccc3ccccc23)c1C. The van der Waals surface area contributed by atoms with Gasteiger partial charge in [-0.25, -0.2) is 0 Å². The predicted molar refractivity (Wildman–Crippen MR) is 109 cm³/mol. The van der Waals surface area contributed by atoms with E-state index in [4.69, 9.17) is 17.3 Å². The van der Waals surface area contributed by atoms with Gasteiger partial charge in [-0.3, -0.25) is 4.68 Å². The number of benzene rings is 2. The summed E-state index contributed by atoms with van der Waals surface area (Å²) < 4.78 is 2.02. The fourth-order valence-electron chi connectivity index (χ4n) is 2.95. The van der Waals surface area contributed by atoms with Crippen molar-refractivity contribution in [1.29, 1.82) is 0 Å². The van der Waals surface area contributed by atoms with E-state index >= 15 is 0 Å². The highest BCUT2D eigenvalue weighted by atomic mass is 32.1. The summed E-state index contributed by atoms with van der Waals surface area (Å²) in [7, 11) is 0. The van der Waals surface area contributed by atoms with Gasteiger partial charge in [0.05, 0.1) is 23.6 Å². The number of fused-ring (bicyclic) bond motifs is 1. The van der Waals surface area contributed by atoms with Crippen LogP contribution >= 0.6 is 12.2 Å². The van der Waals surface area contributed by atoms with Gasteiger partial charge < -0.3 is 10.6 Å². The van der Waals surface area contributed by atoms with Gasteiger partial charge in [-0.1, -0.05) is 48.5 Å². The van der Waals surface area contributed by atoms with E-state index in [1.54, 1.807) is 6.08 Å². The summed E-state index contributed by atoms with van der Waals surface area (Å²) in [5, 5.41) is 14.1. The summed E-state index contributed by atoms with van der Waals surface area (Å²) in [5.74, 6) is 0. The van der Waals surface area contributed by atoms with Crippen LogP contribution in [-0.2, 0) is 6.54 Å². The Bertz CT molecular complexity index is 921. The lowest BCUT2D eigenvalue weighted by Crippen LogP contribution is -2.28. The van der Waals surface area contributed by atoms with Gasteiger partial charge in [-0.05, 0) is 42.4 Å². The fraction of sp³-hybridized carbons (Fsp3) is 0.200. The molecule has 2 aromatic carbocycles. The molecule has 1 heterocycles. The Balaban J connectivity index is 1.87. The molecular weight excluding hydrogens is 328 g/mol. The van der Waals surface area contributed by atoms with Crippen molar-refractivity contribution >= 4 is 33.8 Å². The van der Waals surface area contributed by atoms with Crippen molar-refractivity contribution in [3.63, 3.8) is 0 Å². The molecule has 0 atom stereocenters. The Morgan fingerprint density at radius 1 is 1.20 bits per heavy atom. The van der Waals surface area contributed by atoms with E-state index in [1.807, 2.05) is 11.6 Å². The molecule has 0 fully saturated rings. The van der Waals surface area contributed by atoms with Crippen molar-refractivity contribution in [1.82, 2.24) is 15.1 Å². The molecule has 0 radical (unpaired) electrons. The van der Waals surface area contributed by atoms with Crippen molar-refractivity contribution in [2.45, 2.75) is 20.4 Å². The molecule has 5 heteroatoms. The third kappa shape index (κ3) is 3.72. The van der Waals surface area contributed by atoms with Crippen molar-refractivity contribution in [2.24, 2.45) is 0 Å². The number of hydrogen-bond donors (Lipinski definition) is 2. The molecule has 25 heavy (non-hydrogen) atoms. The van der Waals surface area contributed by atoms with Gasteiger partial charge in [-0.15, -0.1) is 6.58 Å². The van der Waals surface area contributed by atoms with E-state index in [9.17, 15) is 0 Å². The minimum absolute atomic E-state index is 0.579. The predicted octanol–water partition coefficient (Wildman–Crippen LogP) is 4.17. The Labute approximate surface area is 153 Å². The number of anilines is 1. The van der Waals surface area contributed by atoms with Crippen LogP contribution in [0.5, 0.6) is 0 Å². The van der Waals surface area contributed by atoms with E-state index in [0.717, 1.165) is 23.6 Å². The van der Waals surface area contributed by atoms with Crippen LogP contribution in [0.1, 0.15) is 17.0 Å². The Hall–Kier alpha value is -2.66. The van der Waals surface area contributed by atoms with Crippen LogP contribution < -0.4 is 10.6 Å². The molecule has 4 nitrogen and oxygen atoms in total. The van der Waals surface area contributed by atoms with Crippen LogP contribution in [0.4, 0.5) is 5.69 Å². The highest BCUT2D eigenvalue weighted by Crippen LogP contribution is 2.23. The standard InChI is InChI=1S/C20H22N4S/c1-4-12-21-20(25)22-19-14(2)23-24(15(19)3)13-17-10-7-9-16-8-5-6-11-18(16)17/h4-11H,1,12-13H2,2-3H3,(H2,21,22,25). The van der Waals surface area contributed by atoms with Crippen LogP contribution in [0.3, 0.4) is 0 Å². The molecule has 3 aromatic rings. The third-order valence-electron chi connectivity index (χ3n) is 4.23. The molecule has 0 aliphatic heterocycles. The summed E-state index contributed by atoms with van der Waals surface area (Å²) in [6, 6.07) is 14.8. The van der Waals surface area contributed by atoms with E-state index in [1.165, 1.54) is 16.3 Å². The lowest BCUT2D eigenvalue weighted by atomic mass is 10.0. The Morgan fingerprint density at radius 2 is 1.96 bits per heavy atom. The van der Waals surface area contributed by atoms with Crippen molar-refractivity contribution < 1.29 is 0 Å². The summed E-state index contributed by atoms with van der Waals surface area (Å²) in [4.78, 5) is 0. The molecule has 0 spiro atoms. The van der Waals surface area contributed by atoms with E-state index in [2.05, 4.69) is 66.6 Å². The Kier molecular flexibility index (Phi) is 5.14. The van der Waals surface area contributed by atoms with Gasteiger partial charge in [-0.2, -0.15) is 5.10 Å². The second kappa shape index (κ2) is 7.49. The van der Waals surface area contributed by atoms with E-state index in [0.29, 0.717) is 11.7 Å². The molecule has 2 N–H and O–H groups in total. The van der Waals surface area contributed by atoms with Crippen LogP contribution in [0.2, 0.25) is 0 Å². The van der Waals surface area contributed by atoms with Crippen molar-refractivity contribution in [2.75, 3.05) is 11.9 Å². The fourth-order valence-corrected chi connectivity index (χ4v) is 3.13. The molecule has 0 aliphatic rings. The van der Waals surface area contributed by atoms with E-state index in [-0.39, 0.29) is 0 Å². The monoisotopic (exact) mass is 350 g/mol. The quantitative estimate of drug-likeness (QED) is 0.535. The van der Waals surface area contributed by atoms with Crippen LogP contribution in [0.15, 0.2) is 55.1 Å². The maximum Gasteiger partial charge on any atom is 0.171 e. The third-order valence-corrected chi connectivity index (χ3v) is 4.47. The first-order valence-corrected chi connectivity index (χ1v) is 8.67. The number of hydrogen-bond acceptors (Lipinski definition) is 2. The average Bonchev–Trinajstić information content (AvgIpc) is 2.88. The van der Waals surface area contributed by atoms with Crippen LogP contribution in [0.25, 0.3) is 10.8 Å². The molecule has 0 aliphatic carbocycles. The lowest BCUT2D eigenvalue weighted by Gasteiger charge is -2.11. The van der Waals surface area contributed by atoms with Gasteiger partial charge in [0, 0.05) is 6.54 Å². The lowest BCUT2D eigenvalue weighted by molar-refractivity contribution is 0.662. The Morgan fingerprint density at radius 3 is 2.76 bits per heavy atom. The summed E-state index contributed by atoms with van der Waals surface area (Å²) in [6.45, 7) is 9.09. The van der Waals surface area contributed by atoms with Gasteiger partial charge >= 0.3 is 0 Å². The largest absolute Gasteiger partial charge is 0.359 e. The smallest absolute Gasteiger partial charge is 0.171 e. The normalized spacial score (nSPS) is 10.6. The molecule has 0 bridgehead atoms. The zero-order valence-electron chi connectivity index (χ0n) is 14.5. The topological polar surface area (TPSA) is 41.9 Å². The molecule has 3 rings (SSSR count). The molecule has 0 amide bonds. The molecule has 1 aromatic heterocycles. The second-order valence-electron chi connectivity index (χ2n) is 5.97. The molecule has 128 valence electrons. The minimum atomic E-state index is 0.579. The molecule has 0 saturated carbocycles. The summed E-state index contributed by atoms with van der Waals surface area (Å²) >= 11 is 5.32. The van der Waals surface area contributed by atoms with Crippen molar-refractivity contribution in [3.05, 3.63) is 72.1 Å². The minimum Gasteiger partial charge on any atom is -0.359 e. The summed E-state index contributed by atoms with van der Waals surface area (Å²) in [6.07, 6.45) is 1.78.